The monoisotopic (exact) mass is 292 g/mol. The van der Waals surface area contributed by atoms with E-state index in [0.717, 1.165) is 30.6 Å². The smallest absolute Gasteiger partial charge is 0.260 e. The number of amides is 1. The van der Waals surface area contributed by atoms with E-state index in [0.29, 0.717) is 24.9 Å². The molecule has 1 aliphatic carbocycles. The van der Waals surface area contributed by atoms with Crippen molar-refractivity contribution in [3.05, 3.63) is 23.8 Å². The molecule has 2 N–H and O–H groups in total. The fraction of sp³-hybridized carbons (Fsp3) is 0.562. The predicted octanol–water partition coefficient (Wildman–Crippen LogP) is 1.93. The number of hydrogen-bond acceptors (Lipinski definition) is 4. The van der Waals surface area contributed by atoms with Crippen LogP contribution in [-0.4, -0.2) is 37.1 Å². The molecule has 0 bridgehead atoms. The van der Waals surface area contributed by atoms with Gasteiger partial charge in [-0.1, -0.05) is 13.0 Å². The summed E-state index contributed by atoms with van der Waals surface area (Å²) in [4.78, 5) is 13.8. The molecule has 0 aliphatic heterocycles. The van der Waals surface area contributed by atoms with Gasteiger partial charge in [0.15, 0.2) is 6.61 Å². The third kappa shape index (κ3) is 4.36. The third-order valence-electron chi connectivity index (χ3n) is 3.57. The molecule has 0 atom stereocenters. The number of ether oxygens (including phenoxy) is 2. The summed E-state index contributed by atoms with van der Waals surface area (Å²) >= 11 is 0. The van der Waals surface area contributed by atoms with Gasteiger partial charge in [0, 0.05) is 31.3 Å². The molecule has 1 saturated carbocycles. The minimum atomic E-state index is 0.000325. The lowest BCUT2D eigenvalue weighted by atomic mass is 10.2. The normalized spacial score (nSPS) is 13.9. The first kappa shape index (κ1) is 15.6. The zero-order chi connectivity index (χ0) is 15.2. The van der Waals surface area contributed by atoms with Crippen LogP contribution in [-0.2, 0) is 11.3 Å². The molecule has 116 valence electrons. The van der Waals surface area contributed by atoms with Gasteiger partial charge in [-0.3, -0.25) is 4.79 Å². The van der Waals surface area contributed by atoms with E-state index in [9.17, 15) is 4.79 Å². The maximum absolute atomic E-state index is 12.0. The first-order chi connectivity index (χ1) is 10.2. The topological polar surface area (TPSA) is 64.8 Å². The molecule has 21 heavy (non-hydrogen) atoms. The van der Waals surface area contributed by atoms with Crippen LogP contribution >= 0.6 is 0 Å². The minimum Gasteiger partial charge on any atom is -0.493 e. The Morgan fingerprint density at radius 3 is 2.76 bits per heavy atom. The largest absolute Gasteiger partial charge is 0.493 e. The maximum Gasteiger partial charge on any atom is 0.260 e. The van der Waals surface area contributed by atoms with Gasteiger partial charge in [-0.25, -0.2) is 0 Å². The second-order valence-electron chi connectivity index (χ2n) is 5.35. The van der Waals surface area contributed by atoms with Crippen LogP contribution in [0.3, 0.4) is 0 Å². The Labute approximate surface area is 126 Å². The van der Waals surface area contributed by atoms with Gasteiger partial charge < -0.3 is 20.1 Å². The Bertz CT molecular complexity index is 486. The molecule has 0 radical (unpaired) electrons. The zero-order valence-corrected chi connectivity index (χ0v) is 12.8. The highest BCUT2D eigenvalue weighted by molar-refractivity contribution is 5.78. The summed E-state index contributed by atoms with van der Waals surface area (Å²) < 4.78 is 11.2. The van der Waals surface area contributed by atoms with Gasteiger partial charge in [0.2, 0.25) is 0 Å². The zero-order valence-electron chi connectivity index (χ0n) is 12.8. The van der Waals surface area contributed by atoms with E-state index in [1.807, 2.05) is 25.2 Å². The van der Waals surface area contributed by atoms with E-state index in [4.69, 9.17) is 15.2 Å². The van der Waals surface area contributed by atoms with Crippen molar-refractivity contribution in [2.45, 2.75) is 38.8 Å². The molecule has 0 aromatic heterocycles. The quantitative estimate of drug-likeness (QED) is 0.795. The number of benzene rings is 1. The van der Waals surface area contributed by atoms with E-state index < -0.39 is 0 Å². The molecule has 1 aromatic carbocycles. The summed E-state index contributed by atoms with van der Waals surface area (Å²) in [6.45, 7) is 3.12. The van der Waals surface area contributed by atoms with Crippen molar-refractivity contribution in [2.24, 2.45) is 5.73 Å². The number of likely N-dealkylation sites (N-methyl/N-ethyl adjacent to an activating group) is 1. The van der Waals surface area contributed by atoms with E-state index in [1.54, 1.807) is 4.90 Å². The van der Waals surface area contributed by atoms with Gasteiger partial charge in [-0.2, -0.15) is 0 Å². The standard InChI is InChI=1S/C16H24N2O3/c1-3-8-20-14-7-4-12(10-17)15(9-14)21-11-16(19)18(2)13-5-6-13/h4,7,9,13H,3,5-6,8,10-11,17H2,1-2H3. The summed E-state index contributed by atoms with van der Waals surface area (Å²) in [5, 5.41) is 0. The van der Waals surface area contributed by atoms with Crippen LogP contribution in [0.25, 0.3) is 0 Å². The average molecular weight is 292 g/mol. The van der Waals surface area contributed by atoms with Crippen LogP contribution < -0.4 is 15.2 Å². The molecule has 0 heterocycles. The summed E-state index contributed by atoms with van der Waals surface area (Å²) in [6.07, 6.45) is 3.13. The number of nitrogens with zero attached hydrogens (tertiary/aromatic N) is 1. The van der Waals surface area contributed by atoms with Crippen LogP contribution in [0.1, 0.15) is 31.7 Å². The lowest BCUT2D eigenvalue weighted by molar-refractivity contribution is -0.132. The molecular weight excluding hydrogens is 268 g/mol. The first-order valence-corrected chi connectivity index (χ1v) is 7.50. The number of rotatable bonds is 8. The fourth-order valence-electron chi connectivity index (χ4n) is 2.05. The van der Waals surface area contributed by atoms with Gasteiger partial charge >= 0.3 is 0 Å². The first-order valence-electron chi connectivity index (χ1n) is 7.50. The van der Waals surface area contributed by atoms with Crippen molar-refractivity contribution in [1.29, 1.82) is 0 Å². The van der Waals surface area contributed by atoms with Crippen molar-refractivity contribution in [3.63, 3.8) is 0 Å². The van der Waals surface area contributed by atoms with Crippen molar-refractivity contribution in [2.75, 3.05) is 20.3 Å². The Morgan fingerprint density at radius 2 is 2.14 bits per heavy atom. The van der Waals surface area contributed by atoms with E-state index in [-0.39, 0.29) is 12.5 Å². The third-order valence-corrected chi connectivity index (χ3v) is 3.57. The molecule has 0 unspecified atom stereocenters. The Kier molecular flexibility index (Phi) is 5.44. The number of hydrogen-bond donors (Lipinski definition) is 1. The van der Waals surface area contributed by atoms with E-state index in [1.165, 1.54) is 0 Å². The summed E-state index contributed by atoms with van der Waals surface area (Å²) in [5.74, 6) is 1.37. The Balaban J connectivity index is 1.97. The highest BCUT2D eigenvalue weighted by Gasteiger charge is 2.29. The molecule has 1 amide bonds. The van der Waals surface area contributed by atoms with Crippen LogP contribution in [0.4, 0.5) is 0 Å². The van der Waals surface area contributed by atoms with Crippen molar-refractivity contribution in [3.8, 4) is 11.5 Å². The van der Waals surface area contributed by atoms with E-state index in [2.05, 4.69) is 6.92 Å². The van der Waals surface area contributed by atoms with E-state index >= 15 is 0 Å². The second kappa shape index (κ2) is 7.31. The molecule has 0 saturated heterocycles. The lowest BCUT2D eigenvalue weighted by Gasteiger charge is -2.18. The molecule has 2 rings (SSSR count). The van der Waals surface area contributed by atoms with Gasteiger partial charge in [0.25, 0.3) is 5.91 Å². The molecule has 5 nitrogen and oxygen atoms in total. The highest BCUT2D eigenvalue weighted by Crippen LogP contribution is 2.27. The minimum absolute atomic E-state index is 0.000325. The van der Waals surface area contributed by atoms with Crippen molar-refractivity contribution in [1.82, 2.24) is 4.90 Å². The predicted molar refractivity (Wildman–Crippen MR) is 81.4 cm³/mol. The Hall–Kier alpha value is -1.75. The van der Waals surface area contributed by atoms with Crippen molar-refractivity contribution < 1.29 is 14.3 Å². The van der Waals surface area contributed by atoms with Crippen LogP contribution in [0, 0.1) is 0 Å². The second-order valence-corrected chi connectivity index (χ2v) is 5.35. The molecule has 5 heteroatoms. The van der Waals surface area contributed by atoms with Gasteiger partial charge in [-0.05, 0) is 25.3 Å². The molecule has 0 spiro atoms. The van der Waals surface area contributed by atoms with Crippen LogP contribution in [0.15, 0.2) is 18.2 Å². The Morgan fingerprint density at radius 1 is 1.38 bits per heavy atom. The average Bonchev–Trinajstić information content (AvgIpc) is 3.34. The SMILES string of the molecule is CCCOc1ccc(CN)c(OCC(=O)N(C)C2CC2)c1. The summed E-state index contributed by atoms with van der Waals surface area (Å²) in [7, 11) is 1.83. The molecule has 1 aliphatic rings. The van der Waals surface area contributed by atoms with Gasteiger partial charge in [0.05, 0.1) is 6.61 Å². The van der Waals surface area contributed by atoms with Crippen molar-refractivity contribution >= 4 is 5.91 Å². The molecular formula is C16H24N2O3. The molecule has 1 fully saturated rings. The fourth-order valence-corrected chi connectivity index (χ4v) is 2.05. The number of carbonyl (C=O) groups is 1. The van der Waals surface area contributed by atoms with Crippen LogP contribution in [0.5, 0.6) is 11.5 Å². The summed E-state index contributed by atoms with van der Waals surface area (Å²) in [6, 6.07) is 5.97. The summed E-state index contributed by atoms with van der Waals surface area (Å²) in [5.41, 5.74) is 6.58. The lowest BCUT2D eigenvalue weighted by Crippen LogP contribution is -2.33. The number of nitrogens with two attached hydrogens (primary N) is 1. The number of carbonyl (C=O) groups excluding carboxylic acids is 1. The van der Waals surface area contributed by atoms with Crippen LogP contribution in [0.2, 0.25) is 0 Å². The maximum atomic E-state index is 12.0. The van der Waals surface area contributed by atoms with Gasteiger partial charge in [-0.15, -0.1) is 0 Å². The molecule has 1 aromatic rings. The highest BCUT2D eigenvalue weighted by atomic mass is 16.5. The van der Waals surface area contributed by atoms with Gasteiger partial charge in [0.1, 0.15) is 11.5 Å².